The fourth-order valence-electron chi connectivity index (χ4n) is 7.99. The van der Waals surface area contributed by atoms with E-state index in [1.54, 1.807) is 0 Å². The van der Waals surface area contributed by atoms with Gasteiger partial charge in [0.2, 0.25) is 0 Å². The molecule has 0 bridgehead atoms. The van der Waals surface area contributed by atoms with Crippen LogP contribution in [0.2, 0.25) is 0 Å². The Kier molecular flexibility index (Phi) is 8.07. The highest BCUT2D eigenvalue weighted by Crippen LogP contribution is 2.64. The summed E-state index contributed by atoms with van der Waals surface area (Å²) in [5.41, 5.74) is -1.38. The van der Waals surface area contributed by atoms with Crippen LogP contribution in [-0.4, -0.2) is 47.8 Å². The van der Waals surface area contributed by atoms with Crippen molar-refractivity contribution in [2.45, 2.75) is 104 Å². The molecular weight excluding hydrogens is 466 g/mol. The summed E-state index contributed by atoms with van der Waals surface area (Å²) in [7, 11) is 0. The molecule has 0 heterocycles. The van der Waals surface area contributed by atoms with Gasteiger partial charge in [0, 0.05) is 51.4 Å². The van der Waals surface area contributed by atoms with Gasteiger partial charge in [-0.25, -0.2) is 0 Å². The van der Waals surface area contributed by atoms with Gasteiger partial charge >= 0.3 is 23.9 Å². The summed E-state index contributed by atoms with van der Waals surface area (Å²) in [6.45, 7) is 11.3. The maximum absolute atomic E-state index is 12.4. The van der Waals surface area contributed by atoms with Crippen molar-refractivity contribution in [1.82, 2.24) is 0 Å². The quantitative estimate of drug-likeness (QED) is 0.405. The van der Waals surface area contributed by atoms with E-state index in [9.17, 15) is 24.4 Å². The lowest BCUT2D eigenvalue weighted by atomic mass is 9.43. The summed E-state index contributed by atoms with van der Waals surface area (Å²) in [5, 5.41) is 9.68. The molecule has 3 fully saturated rings. The molecule has 10 atom stereocenters. The second kappa shape index (κ2) is 10.4. The van der Waals surface area contributed by atoms with Crippen LogP contribution in [-0.2, 0) is 38.1 Å². The van der Waals surface area contributed by atoms with E-state index in [2.05, 4.69) is 13.0 Å². The van der Waals surface area contributed by atoms with E-state index in [1.165, 1.54) is 27.7 Å². The zero-order chi connectivity index (χ0) is 27.0. The molecule has 3 aliphatic carbocycles. The normalized spacial score (nSPS) is 41.5. The van der Waals surface area contributed by atoms with Crippen LogP contribution in [0.25, 0.3) is 0 Å². The molecule has 0 saturated heterocycles. The lowest BCUT2D eigenvalue weighted by Crippen LogP contribution is -2.69. The third-order valence-corrected chi connectivity index (χ3v) is 9.15. The summed E-state index contributed by atoms with van der Waals surface area (Å²) < 4.78 is 23.2. The van der Waals surface area contributed by atoms with E-state index < -0.39 is 47.2 Å². The minimum Gasteiger partial charge on any atom is -0.459 e. The maximum Gasteiger partial charge on any atom is 0.303 e. The highest BCUT2D eigenvalue weighted by molar-refractivity contribution is 5.68. The minimum atomic E-state index is -0.957. The summed E-state index contributed by atoms with van der Waals surface area (Å²) in [4.78, 5) is 48.5. The maximum atomic E-state index is 12.4. The van der Waals surface area contributed by atoms with Gasteiger partial charge in [-0.3, -0.25) is 19.2 Å². The third-order valence-electron chi connectivity index (χ3n) is 9.15. The second-order valence-corrected chi connectivity index (χ2v) is 11.3. The molecule has 9 heteroatoms. The summed E-state index contributed by atoms with van der Waals surface area (Å²) in [6.07, 6.45) is 0.502. The Bertz CT molecular complexity index is 943. The Morgan fingerprint density at radius 3 is 1.94 bits per heavy atom. The number of carbonyl (C=O) groups is 4. The molecule has 0 spiro atoms. The van der Waals surface area contributed by atoms with E-state index in [0.29, 0.717) is 12.8 Å². The molecule has 36 heavy (non-hydrogen) atoms. The second-order valence-electron chi connectivity index (χ2n) is 11.3. The Morgan fingerprint density at radius 1 is 0.833 bits per heavy atom. The lowest BCUT2D eigenvalue weighted by Gasteiger charge is -2.64. The number of carbonyl (C=O) groups excluding carboxylic acids is 4. The Morgan fingerprint density at radius 2 is 1.42 bits per heavy atom. The van der Waals surface area contributed by atoms with Gasteiger partial charge in [0.15, 0.2) is 6.10 Å². The predicted octanol–water partition coefficient (Wildman–Crippen LogP) is 3.73. The first kappa shape index (κ1) is 27.9. The highest BCUT2D eigenvalue weighted by atomic mass is 16.6. The smallest absolute Gasteiger partial charge is 0.303 e. The molecule has 0 aliphatic heterocycles. The lowest BCUT2D eigenvalue weighted by molar-refractivity contribution is -0.263. The minimum absolute atomic E-state index is 0.0140. The standard InChI is InChI=1S/C27H39NO8/c1-14-20-9-8-19-21(11-13-28)26(6,36-18(5)32)12-10-22(19)27(20,7)25(35-17(4)31)24(34-16(3)30)23(14)33-15(2)29/h14,19-25H,8-12H2,1-7H3/t14-,19-,20-,21-,22-,23+,24+,25-,26?,27-/m0/s1. The van der Waals surface area contributed by atoms with Crippen LogP contribution in [0.1, 0.15) is 80.6 Å². The van der Waals surface area contributed by atoms with Crippen LogP contribution in [0.3, 0.4) is 0 Å². The fourth-order valence-corrected chi connectivity index (χ4v) is 7.99. The van der Waals surface area contributed by atoms with E-state index in [1.807, 2.05) is 13.8 Å². The Balaban J connectivity index is 2.12. The number of nitrogens with zero attached hydrogens (tertiary/aromatic N) is 1. The topological polar surface area (TPSA) is 129 Å². The number of rotatable bonds is 5. The highest BCUT2D eigenvalue weighted by Gasteiger charge is 2.67. The van der Waals surface area contributed by atoms with Crippen LogP contribution in [0, 0.1) is 46.3 Å². The first-order chi connectivity index (χ1) is 16.8. The molecule has 3 rings (SSSR count). The van der Waals surface area contributed by atoms with E-state index in [-0.39, 0.29) is 42.0 Å². The molecule has 200 valence electrons. The van der Waals surface area contributed by atoms with Crippen LogP contribution >= 0.6 is 0 Å². The first-order valence-corrected chi connectivity index (χ1v) is 12.8. The molecule has 0 N–H and O–H groups in total. The van der Waals surface area contributed by atoms with Crippen molar-refractivity contribution >= 4 is 23.9 Å². The number of ether oxygens (including phenoxy) is 4. The molecule has 0 aromatic heterocycles. The van der Waals surface area contributed by atoms with Gasteiger partial charge in [0.25, 0.3) is 0 Å². The zero-order valence-electron chi connectivity index (χ0n) is 22.4. The van der Waals surface area contributed by atoms with Crippen LogP contribution < -0.4 is 0 Å². The van der Waals surface area contributed by atoms with Crippen molar-refractivity contribution in [2.75, 3.05) is 0 Å². The average Bonchev–Trinajstić information content (AvgIpc) is 2.74. The molecule has 3 aliphatic rings. The van der Waals surface area contributed by atoms with Gasteiger partial charge in [-0.2, -0.15) is 5.26 Å². The molecule has 3 saturated carbocycles. The summed E-state index contributed by atoms with van der Waals surface area (Å²) >= 11 is 0. The number of esters is 4. The molecule has 0 aromatic carbocycles. The van der Waals surface area contributed by atoms with Crippen LogP contribution in [0.5, 0.6) is 0 Å². The van der Waals surface area contributed by atoms with Gasteiger partial charge in [-0.15, -0.1) is 0 Å². The van der Waals surface area contributed by atoms with Crippen molar-refractivity contribution in [2.24, 2.45) is 35.0 Å². The van der Waals surface area contributed by atoms with Gasteiger partial charge in [0.1, 0.15) is 17.8 Å². The molecule has 0 radical (unpaired) electrons. The van der Waals surface area contributed by atoms with Gasteiger partial charge < -0.3 is 18.9 Å². The monoisotopic (exact) mass is 505 g/mol. The van der Waals surface area contributed by atoms with E-state index in [4.69, 9.17) is 18.9 Å². The molecular formula is C27H39NO8. The van der Waals surface area contributed by atoms with Crippen LogP contribution in [0.4, 0.5) is 0 Å². The van der Waals surface area contributed by atoms with Gasteiger partial charge in [-0.05, 0) is 50.4 Å². The molecule has 1 unspecified atom stereocenters. The van der Waals surface area contributed by atoms with Crippen molar-refractivity contribution < 1.29 is 38.1 Å². The average molecular weight is 506 g/mol. The first-order valence-electron chi connectivity index (χ1n) is 12.8. The van der Waals surface area contributed by atoms with E-state index >= 15 is 0 Å². The third kappa shape index (κ3) is 4.96. The molecule has 0 amide bonds. The molecule has 9 nitrogen and oxygen atoms in total. The Labute approximate surface area is 213 Å². The predicted molar refractivity (Wildman–Crippen MR) is 127 cm³/mol. The largest absolute Gasteiger partial charge is 0.459 e. The Hall–Kier alpha value is -2.63. The fraction of sp³-hybridized carbons (Fsp3) is 0.815. The number of hydrogen-bond acceptors (Lipinski definition) is 9. The number of hydrogen-bond donors (Lipinski definition) is 0. The van der Waals surface area contributed by atoms with Gasteiger partial charge in [-0.1, -0.05) is 13.8 Å². The van der Waals surface area contributed by atoms with Crippen molar-refractivity contribution in [3.05, 3.63) is 0 Å². The zero-order valence-corrected chi connectivity index (χ0v) is 22.4. The van der Waals surface area contributed by atoms with Crippen molar-refractivity contribution in [3.8, 4) is 6.07 Å². The van der Waals surface area contributed by atoms with Crippen molar-refractivity contribution in [1.29, 1.82) is 5.26 Å². The number of nitriles is 1. The number of fused-ring (bicyclic) bond motifs is 3. The van der Waals surface area contributed by atoms with Crippen molar-refractivity contribution in [3.63, 3.8) is 0 Å². The molecule has 0 aromatic rings. The summed E-state index contributed by atoms with van der Waals surface area (Å²) in [6, 6.07) is 2.30. The van der Waals surface area contributed by atoms with E-state index in [0.717, 1.165) is 12.8 Å². The van der Waals surface area contributed by atoms with Gasteiger partial charge in [0.05, 0.1) is 6.07 Å². The van der Waals surface area contributed by atoms with Crippen LogP contribution in [0.15, 0.2) is 0 Å². The SMILES string of the molecule is CC(=O)O[C@@H]1[C@@H](C)[C@@H]2CC[C@H]3[C@H](CC#N)C(C)(OC(C)=O)CC[C@@H]3[C@@]2(C)[C@@H](OC(C)=O)[C@@H]1OC(C)=O. The summed E-state index contributed by atoms with van der Waals surface area (Å²) in [5.74, 6) is -2.21.